The van der Waals surface area contributed by atoms with E-state index in [1.165, 1.54) is 44.5 Å². The Morgan fingerprint density at radius 2 is 1.77 bits per heavy atom. The Kier molecular flexibility index (Phi) is 2.11. The maximum absolute atomic E-state index is 4.12. The standard InChI is InChI=1S/C11H20N2/c1-10-4-5-11(13(10)3)6-8-12(2)9-7-11/h1,4-9H2,2-3H3. The topological polar surface area (TPSA) is 6.48 Å². The van der Waals surface area contributed by atoms with Crippen molar-refractivity contribution in [3.63, 3.8) is 0 Å². The van der Waals surface area contributed by atoms with Crippen LogP contribution >= 0.6 is 0 Å². The molecule has 2 heteroatoms. The van der Waals surface area contributed by atoms with Gasteiger partial charge < -0.3 is 9.80 Å². The van der Waals surface area contributed by atoms with Gasteiger partial charge in [0.15, 0.2) is 0 Å². The molecule has 2 rings (SSSR count). The molecule has 2 nitrogen and oxygen atoms in total. The average molecular weight is 180 g/mol. The minimum absolute atomic E-state index is 0.476. The van der Waals surface area contributed by atoms with Gasteiger partial charge in [-0.3, -0.25) is 0 Å². The lowest BCUT2D eigenvalue weighted by Gasteiger charge is -2.43. The fraction of sp³-hybridized carbons (Fsp3) is 0.818. The van der Waals surface area contributed by atoms with Crippen LogP contribution in [0, 0.1) is 0 Å². The first kappa shape index (κ1) is 9.07. The molecule has 2 aliphatic rings. The second kappa shape index (κ2) is 3.02. The van der Waals surface area contributed by atoms with E-state index in [9.17, 15) is 0 Å². The van der Waals surface area contributed by atoms with E-state index in [2.05, 4.69) is 30.5 Å². The van der Waals surface area contributed by atoms with Crippen molar-refractivity contribution in [2.45, 2.75) is 31.2 Å². The maximum Gasteiger partial charge on any atom is 0.0424 e. The first-order chi connectivity index (χ1) is 6.14. The molecule has 0 atom stereocenters. The predicted molar refractivity (Wildman–Crippen MR) is 55.6 cm³/mol. The number of hydrogen-bond donors (Lipinski definition) is 0. The van der Waals surface area contributed by atoms with Crippen molar-refractivity contribution in [2.24, 2.45) is 0 Å². The Balaban J connectivity index is 2.09. The highest BCUT2D eigenvalue weighted by atomic mass is 15.2. The van der Waals surface area contributed by atoms with Crippen molar-refractivity contribution in [3.8, 4) is 0 Å². The minimum atomic E-state index is 0.476. The maximum atomic E-state index is 4.12. The van der Waals surface area contributed by atoms with Crippen LogP contribution < -0.4 is 0 Å². The molecule has 0 saturated carbocycles. The van der Waals surface area contributed by atoms with Gasteiger partial charge in [-0.1, -0.05) is 6.58 Å². The molecule has 2 fully saturated rings. The highest BCUT2D eigenvalue weighted by Gasteiger charge is 2.41. The summed E-state index contributed by atoms with van der Waals surface area (Å²) in [5.74, 6) is 0. The number of nitrogens with zero attached hydrogens (tertiary/aromatic N) is 2. The van der Waals surface area contributed by atoms with Crippen molar-refractivity contribution in [3.05, 3.63) is 12.3 Å². The van der Waals surface area contributed by atoms with Crippen LogP contribution in [0.25, 0.3) is 0 Å². The molecule has 2 saturated heterocycles. The van der Waals surface area contributed by atoms with Crippen LogP contribution in [0.5, 0.6) is 0 Å². The summed E-state index contributed by atoms with van der Waals surface area (Å²) in [4.78, 5) is 4.88. The van der Waals surface area contributed by atoms with Gasteiger partial charge >= 0.3 is 0 Å². The summed E-state index contributed by atoms with van der Waals surface area (Å²) in [6.07, 6.45) is 5.18. The van der Waals surface area contributed by atoms with Crippen molar-refractivity contribution in [2.75, 3.05) is 27.2 Å². The van der Waals surface area contributed by atoms with Gasteiger partial charge in [-0.05, 0) is 32.7 Å². The van der Waals surface area contributed by atoms with Crippen LogP contribution in [-0.4, -0.2) is 42.5 Å². The summed E-state index contributed by atoms with van der Waals surface area (Å²) >= 11 is 0. The molecule has 0 radical (unpaired) electrons. The molecule has 0 bridgehead atoms. The number of piperidine rings is 1. The molecule has 0 N–H and O–H groups in total. The second-order valence-corrected chi connectivity index (χ2v) is 4.65. The third-order valence-corrected chi connectivity index (χ3v) is 3.98. The van der Waals surface area contributed by atoms with Gasteiger partial charge in [-0.25, -0.2) is 0 Å². The van der Waals surface area contributed by atoms with Crippen molar-refractivity contribution >= 4 is 0 Å². The molecule has 0 aromatic carbocycles. The molecule has 0 amide bonds. The number of allylic oxidation sites excluding steroid dienone is 1. The predicted octanol–water partition coefficient (Wildman–Crippen LogP) is 1.69. The molecule has 0 aromatic heterocycles. The summed E-state index contributed by atoms with van der Waals surface area (Å²) in [6.45, 7) is 6.61. The summed E-state index contributed by atoms with van der Waals surface area (Å²) in [5.41, 5.74) is 1.81. The van der Waals surface area contributed by atoms with E-state index in [0.717, 1.165) is 0 Å². The van der Waals surface area contributed by atoms with E-state index in [0.29, 0.717) is 5.54 Å². The molecule has 2 heterocycles. The zero-order chi connectivity index (χ0) is 9.47. The summed E-state index contributed by atoms with van der Waals surface area (Å²) in [6, 6.07) is 0. The molecule has 2 aliphatic heterocycles. The quantitative estimate of drug-likeness (QED) is 0.560. The first-order valence-corrected chi connectivity index (χ1v) is 5.24. The van der Waals surface area contributed by atoms with E-state index in [-0.39, 0.29) is 0 Å². The zero-order valence-electron chi connectivity index (χ0n) is 8.84. The molecular weight excluding hydrogens is 160 g/mol. The van der Waals surface area contributed by atoms with E-state index in [4.69, 9.17) is 0 Å². The molecule has 13 heavy (non-hydrogen) atoms. The Labute approximate surface area is 81.2 Å². The fourth-order valence-electron chi connectivity index (χ4n) is 2.67. The molecule has 1 spiro atoms. The lowest BCUT2D eigenvalue weighted by atomic mass is 9.85. The molecule has 0 aromatic rings. The zero-order valence-corrected chi connectivity index (χ0v) is 8.84. The lowest BCUT2D eigenvalue weighted by molar-refractivity contribution is 0.0955. The summed E-state index contributed by atoms with van der Waals surface area (Å²) in [7, 11) is 4.44. The van der Waals surface area contributed by atoms with E-state index in [1.807, 2.05) is 0 Å². The molecule has 74 valence electrons. The van der Waals surface area contributed by atoms with Gasteiger partial charge in [0, 0.05) is 31.4 Å². The Bertz CT molecular complexity index is 214. The monoisotopic (exact) mass is 180 g/mol. The highest BCUT2D eigenvalue weighted by molar-refractivity contribution is 5.11. The van der Waals surface area contributed by atoms with Crippen LogP contribution in [0.4, 0.5) is 0 Å². The minimum Gasteiger partial charge on any atom is -0.373 e. The van der Waals surface area contributed by atoms with Gasteiger partial charge in [0.1, 0.15) is 0 Å². The van der Waals surface area contributed by atoms with Gasteiger partial charge in [0.05, 0.1) is 0 Å². The normalized spacial score (nSPS) is 28.8. The smallest absolute Gasteiger partial charge is 0.0424 e. The van der Waals surface area contributed by atoms with Crippen LogP contribution in [0.1, 0.15) is 25.7 Å². The Hall–Kier alpha value is -0.500. The van der Waals surface area contributed by atoms with E-state index in [1.54, 1.807) is 0 Å². The fourth-order valence-corrected chi connectivity index (χ4v) is 2.67. The van der Waals surface area contributed by atoms with E-state index >= 15 is 0 Å². The second-order valence-electron chi connectivity index (χ2n) is 4.65. The summed E-state index contributed by atoms with van der Waals surface area (Å²) in [5, 5.41) is 0. The van der Waals surface area contributed by atoms with Crippen molar-refractivity contribution < 1.29 is 0 Å². The summed E-state index contributed by atoms with van der Waals surface area (Å²) < 4.78 is 0. The molecule has 0 aliphatic carbocycles. The Morgan fingerprint density at radius 1 is 1.15 bits per heavy atom. The van der Waals surface area contributed by atoms with Gasteiger partial charge in [-0.15, -0.1) is 0 Å². The van der Waals surface area contributed by atoms with Gasteiger partial charge in [0.2, 0.25) is 0 Å². The number of likely N-dealkylation sites (tertiary alicyclic amines) is 2. The third kappa shape index (κ3) is 1.37. The van der Waals surface area contributed by atoms with Crippen LogP contribution in [0.2, 0.25) is 0 Å². The number of hydrogen-bond acceptors (Lipinski definition) is 2. The number of rotatable bonds is 0. The van der Waals surface area contributed by atoms with Crippen LogP contribution in [-0.2, 0) is 0 Å². The average Bonchev–Trinajstić information content (AvgIpc) is 2.40. The van der Waals surface area contributed by atoms with Crippen molar-refractivity contribution in [1.29, 1.82) is 0 Å². The van der Waals surface area contributed by atoms with E-state index < -0.39 is 0 Å². The van der Waals surface area contributed by atoms with Gasteiger partial charge in [0.25, 0.3) is 0 Å². The highest BCUT2D eigenvalue weighted by Crippen LogP contribution is 2.41. The molecular formula is C11H20N2. The molecule has 0 unspecified atom stereocenters. The first-order valence-electron chi connectivity index (χ1n) is 5.24. The lowest BCUT2D eigenvalue weighted by Crippen LogP contribution is -2.49. The SMILES string of the molecule is C=C1CCC2(CCN(C)CC2)N1C. The van der Waals surface area contributed by atoms with Gasteiger partial charge in [-0.2, -0.15) is 0 Å². The van der Waals surface area contributed by atoms with Crippen LogP contribution in [0.15, 0.2) is 12.3 Å². The third-order valence-electron chi connectivity index (χ3n) is 3.98. The Morgan fingerprint density at radius 3 is 2.23 bits per heavy atom. The largest absolute Gasteiger partial charge is 0.373 e. The van der Waals surface area contributed by atoms with Crippen molar-refractivity contribution in [1.82, 2.24) is 9.80 Å². The van der Waals surface area contributed by atoms with Crippen LogP contribution in [0.3, 0.4) is 0 Å².